The van der Waals surface area contributed by atoms with Gasteiger partial charge < -0.3 is 11.1 Å². The molecule has 1 aliphatic rings. The first-order chi connectivity index (χ1) is 7.56. The van der Waals surface area contributed by atoms with Crippen molar-refractivity contribution >= 4 is 40.4 Å². The number of hydrogen-bond acceptors (Lipinski definition) is 2. The van der Waals surface area contributed by atoms with E-state index in [0.29, 0.717) is 10.7 Å². The SMILES string of the molecule is NC(=S)C1(C(=O)Nc2ccccc2Cl)CC1. The van der Waals surface area contributed by atoms with Crippen LogP contribution in [0.15, 0.2) is 24.3 Å². The summed E-state index contributed by atoms with van der Waals surface area (Å²) in [6.07, 6.45) is 1.44. The molecular weight excluding hydrogens is 244 g/mol. The second-order valence-corrected chi connectivity index (χ2v) is 4.73. The molecule has 0 saturated heterocycles. The van der Waals surface area contributed by atoms with Crippen LogP contribution in [0.1, 0.15) is 12.8 Å². The molecule has 1 aliphatic carbocycles. The Labute approximate surface area is 104 Å². The third-order valence-electron chi connectivity index (χ3n) is 2.78. The van der Waals surface area contributed by atoms with Crippen molar-refractivity contribution in [2.24, 2.45) is 11.1 Å². The van der Waals surface area contributed by atoms with Crippen LogP contribution in [0.4, 0.5) is 5.69 Å². The second-order valence-electron chi connectivity index (χ2n) is 3.88. The average Bonchev–Trinajstić information content (AvgIpc) is 3.02. The Hall–Kier alpha value is -1.13. The molecule has 0 radical (unpaired) electrons. The molecule has 84 valence electrons. The number of carbonyl (C=O) groups excluding carboxylic acids is 1. The Morgan fingerprint density at radius 2 is 2.06 bits per heavy atom. The monoisotopic (exact) mass is 254 g/mol. The topological polar surface area (TPSA) is 55.1 Å². The van der Waals surface area contributed by atoms with Crippen LogP contribution in [-0.2, 0) is 4.79 Å². The molecule has 0 aliphatic heterocycles. The Bertz CT molecular complexity index is 457. The van der Waals surface area contributed by atoms with E-state index >= 15 is 0 Å². The quantitative estimate of drug-likeness (QED) is 0.814. The molecule has 0 heterocycles. The summed E-state index contributed by atoms with van der Waals surface area (Å²) in [5, 5.41) is 3.26. The fourth-order valence-corrected chi connectivity index (χ4v) is 1.99. The molecular formula is C11H11ClN2OS. The minimum Gasteiger partial charge on any atom is -0.392 e. The number of nitrogens with two attached hydrogens (primary N) is 1. The smallest absolute Gasteiger partial charge is 0.237 e. The highest BCUT2D eigenvalue weighted by Crippen LogP contribution is 2.47. The van der Waals surface area contributed by atoms with Crippen molar-refractivity contribution in [2.45, 2.75) is 12.8 Å². The van der Waals surface area contributed by atoms with Gasteiger partial charge in [0.1, 0.15) is 0 Å². The van der Waals surface area contributed by atoms with E-state index in [-0.39, 0.29) is 10.9 Å². The minimum atomic E-state index is -0.644. The van der Waals surface area contributed by atoms with Crippen LogP contribution >= 0.6 is 23.8 Å². The van der Waals surface area contributed by atoms with E-state index in [9.17, 15) is 4.79 Å². The Balaban J connectivity index is 2.15. The summed E-state index contributed by atoms with van der Waals surface area (Å²) in [4.78, 5) is 12.2. The van der Waals surface area contributed by atoms with Crippen LogP contribution in [0.3, 0.4) is 0 Å². The van der Waals surface area contributed by atoms with Crippen molar-refractivity contribution in [3.05, 3.63) is 29.3 Å². The molecule has 1 fully saturated rings. The summed E-state index contributed by atoms with van der Waals surface area (Å²) in [6.45, 7) is 0. The minimum absolute atomic E-state index is 0.159. The number of nitrogens with one attached hydrogen (secondary N) is 1. The van der Waals surface area contributed by atoms with Gasteiger partial charge in [0.15, 0.2) is 0 Å². The lowest BCUT2D eigenvalue weighted by atomic mass is 10.1. The molecule has 5 heteroatoms. The van der Waals surface area contributed by atoms with Crippen LogP contribution in [0, 0.1) is 5.41 Å². The lowest BCUT2D eigenvalue weighted by Gasteiger charge is -2.14. The number of benzene rings is 1. The highest BCUT2D eigenvalue weighted by Gasteiger charge is 2.52. The molecule has 0 spiro atoms. The summed E-state index contributed by atoms with van der Waals surface area (Å²) in [6, 6.07) is 7.08. The Morgan fingerprint density at radius 3 is 2.56 bits per heavy atom. The van der Waals surface area contributed by atoms with E-state index in [4.69, 9.17) is 29.6 Å². The summed E-state index contributed by atoms with van der Waals surface area (Å²) in [5.74, 6) is -0.159. The number of carbonyl (C=O) groups is 1. The number of thiocarbonyl (C=S) groups is 1. The third-order valence-corrected chi connectivity index (χ3v) is 3.50. The van der Waals surface area contributed by atoms with E-state index < -0.39 is 5.41 Å². The zero-order chi connectivity index (χ0) is 11.8. The first-order valence-electron chi connectivity index (χ1n) is 4.92. The number of rotatable bonds is 3. The average molecular weight is 255 g/mol. The van der Waals surface area contributed by atoms with Crippen molar-refractivity contribution < 1.29 is 4.79 Å². The summed E-state index contributed by atoms with van der Waals surface area (Å²) in [5.41, 5.74) is 5.51. The molecule has 1 amide bonds. The maximum Gasteiger partial charge on any atom is 0.237 e. The molecule has 0 unspecified atom stereocenters. The Kier molecular flexibility index (Phi) is 2.86. The van der Waals surface area contributed by atoms with Gasteiger partial charge in [0.2, 0.25) is 5.91 Å². The molecule has 0 atom stereocenters. The molecule has 3 N–H and O–H groups in total. The van der Waals surface area contributed by atoms with Crippen molar-refractivity contribution in [3.63, 3.8) is 0 Å². The van der Waals surface area contributed by atoms with Crippen LogP contribution in [-0.4, -0.2) is 10.9 Å². The van der Waals surface area contributed by atoms with Gasteiger partial charge in [-0.05, 0) is 25.0 Å². The van der Waals surface area contributed by atoms with E-state index in [0.717, 1.165) is 12.8 Å². The van der Waals surface area contributed by atoms with E-state index in [1.54, 1.807) is 18.2 Å². The van der Waals surface area contributed by atoms with E-state index in [2.05, 4.69) is 5.32 Å². The van der Waals surface area contributed by atoms with Crippen molar-refractivity contribution in [1.29, 1.82) is 0 Å². The highest BCUT2D eigenvalue weighted by molar-refractivity contribution is 7.80. The molecule has 0 bridgehead atoms. The van der Waals surface area contributed by atoms with Crippen molar-refractivity contribution in [2.75, 3.05) is 5.32 Å². The maximum absolute atomic E-state index is 12.0. The lowest BCUT2D eigenvalue weighted by molar-refractivity contribution is -0.118. The van der Waals surface area contributed by atoms with Gasteiger partial charge >= 0.3 is 0 Å². The molecule has 0 aromatic heterocycles. The van der Waals surface area contributed by atoms with Gasteiger partial charge in [0.25, 0.3) is 0 Å². The first-order valence-corrected chi connectivity index (χ1v) is 5.71. The van der Waals surface area contributed by atoms with Crippen LogP contribution in [0.5, 0.6) is 0 Å². The van der Waals surface area contributed by atoms with Gasteiger partial charge in [-0.3, -0.25) is 4.79 Å². The van der Waals surface area contributed by atoms with Crippen molar-refractivity contribution in [3.8, 4) is 0 Å². The largest absolute Gasteiger partial charge is 0.392 e. The number of anilines is 1. The molecule has 16 heavy (non-hydrogen) atoms. The van der Waals surface area contributed by atoms with Gasteiger partial charge in [-0.2, -0.15) is 0 Å². The Morgan fingerprint density at radius 1 is 1.44 bits per heavy atom. The molecule has 1 saturated carbocycles. The molecule has 2 rings (SSSR count). The summed E-state index contributed by atoms with van der Waals surface area (Å²) in [7, 11) is 0. The summed E-state index contributed by atoms with van der Waals surface area (Å²) < 4.78 is 0. The zero-order valence-electron chi connectivity index (χ0n) is 8.50. The number of amides is 1. The fraction of sp³-hybridized carbons (Fsp3) is 0.273. The molecule has 1 aromatic carbocycles. The standard InChI is InChI=1S/C11H11ClN2OS/c12-7-3-1-2-4-8(7)14-10(15)11(5-6-11)9(13)16/h1-4H,5-6H2,(H2,13,16)(H,14,15). The second kappa shape index (κ2) is 4.03. The van der Waals surface area contributed by atoms with Crippen molar-refractivity contribution in [1.82, 2.24) is 0 Å². The van der Waals surface area contributed by atoms with Gasteiger partial charge in [0, 0.05) is 0 Å². The van der Waals surface area contributed by atoms with Crippen LogP contribution in [0.25, 0.3) is 0 Å². The van der Waals surface area contributed by atoms with Gasteiger partial charge in [-0.15, -0.1) is 0 Å². The molecule has 1 aromatic rings. The highest BCUT2D eigenvalue weighted by atomic mass is 35.5. The van der Waals surface area contributed by atoms with Crippen LogP contribution in [0.2, 0.25) is 5.02 Å². The van der Waals surface area contributed by atoms with E-state index in [1.165, 1.54) is 0 Å². The first kappa shape index (κ1) is 11.4. The van der Waals surface area contributed by atoms with E-state index in [1.807, 2.05) is 6.07 Å². The predicted molar refractivity (Wildman–Crippen MR) is 68.5 cm³/mol. The van der Waals surface area contributed by atoms with Gasteiger partial charge in [-0.25, -0.2) is 0 Å². The van der Waals surface area contributed by atoms with Gasteiger partial charge in [0.05, 0.1) is 21.1 Å². The summed E-state index contributed by atoms with van der Waals surface area (Å²) >= 11 is 10.8. The number of para-hydroxylation sites is 1. The zero-order valence-corrected chi connectivity index (χ0v) is 10.1. The van der Waals surface area contributed by atoms with Gasteiger partial charge in [-0.1, -0.05) is 36.0 Å². The number of hydrogen-bond donors (Lipinski definition) is 2. The normalized spacial score (nSPS) is 16.6. The third kappa shape index (κ3) is 1.90. The number of halogens is 1. The predicted octanol–water partition coefficient (Wildman–Crippen LogP) is 2.34. The lowest BCUT2D eigenvalue weighted by Crippen LogP contribution is -2.35. The van der Waals surface area contributed by atoms with Crippen LogP contribution < -0.4 is 11.1 Å². The fourth-order valence-electron chi connectivity index (χ4n) is 1.51. The molecule has 3 nitrogen and oxygen atoms in total. The maximum atomic E-state index is 12.0.